The molecule has 0 saturated heterocycles. The van der Waals surface area contributed by atoms with Crippen molar-refractivity contribution in [2.24, 2.45) is 5.73 Å². The lowest BCUT2D eigenvalue weighted by atomic mass is 10.3. The van der Waals surface area contributed by atoms with Crippen molar-refractivity contribution in [3.8, 4) is 0 Å². The molecule has 54 valence electrons. The van der Waals surface area contributed by atoms with Crippen LogP contribution in [0.4, 0.5) is 0 Å². The van der Waals surface area contributed by atoms with Gasteiger partial charge in [-0.3, -0.25) is 0 Å². The van der Waals surface area contributed by atoms with E-state index in [2.05, 4.69) is 25.9 Å². The second-order valence-corrected chi connectivity index (χ2v) is 2.68. The SMILES string of the molecule is Cc1cc(CN)nc(Br)n1. The van der Waals surface area contributed by atoms with Crippen molar-refractivity contribution in [3.05, 3.63) is 22.2 Å². The number of nitrogens with two attached hydrogens (primary N) is 1. The molecule has 10 heavy (non-hydrogen) atoms. The first-order chi connectivity index (χ1) is 4.72. The van der Waals surface area contributed by atoms with Crippen LogP contribution in [0.25, 0.3) is 0 Å². The molecule has 1 aromatic rings. The summed E-state index contributed by atoms with van der Waals surface area (Å²) in [6.45, 7) is 2.37. The summed E-state index contributed by atoms with van der Waals surface area (Å²) in [5.41, 5.74) is 7.17. The predicted molar refractivity (Wildman–Crippen MR) is 42.4 cm³/mol. The second-order valence-electron chi connectivity index (χ2n) is 1.97. The highest BCUT2D eigenvalue weighted by Crippen LogP contribution is 2.04. The van der Waals surface area contributed by atoms with E-state index >= 15 is 0 Å². The molecule has 0 aliphatic rings. The van der Waals surface area contributed by atoms with Gasteiger partial charge in [0.05, 0.1) is 5.69 Å². The molecule has 0 radical (unpaired) electrons. The molecule has 0 bridgehead atoms. The van der Waals surface area contributed by atoms with Gasteiger partial charge in [-0.05, 0) is 28.9 Å². The van der Waals surface area contributed by atoms with Crippen LogP contribution in [0.15, 0.2) is 10.8 Å². The van der Waals surface area contributed by atoms with Crippen molar-refractivity contribution in [2.75, 3.05) is 0 Å². The first-order valence-electron chi connectivity index (χ1n) is 2.92. The lowest BCUT2D eigenvalue weighted by molar-refractivity contribution is 0.926. The molecule has 4 heteroatoms. The Morgan fingerprint density at radius 3 is 2.80 bits per heavy atom. The van der Waals surface area contributed by atoms with E-state index in [9.17, 15) is 0 Å². The Morgan fingerprint density at radius 2 is 2.30 bits per heavy atom. The highest BCUT2D eigenvalue weighted by molar-refractivity contribution is 9.10. The van der Waals surface area contributed by atoms with Gasteiger partial charge in [0, 0.05) is 12.2 Å². The summed E-state index contributed by atoms with van der Waals surface area (Å²) in [6.07, 6.45) is 0. The molecule has 0 amide bonds. The van der Waals surface area contributed by atoms with Gasteiger partial charge in [0.15, 0.2) is 4.73 Å². The Morgan fingerprint density at radius 1 is 1.60 bits per heavy atom. The van der Waals surface area contributed by atoms with Crippen LogP contribution in [0.2, 0.25) is 0 Å². The van der Waals surface area contributed by atoms with Crippen LogP contribution in [-0.2, 0) is 6.54 Å². The molecule has 0 spiro atoms. The first-order valence-corrected chi connectivity index (χ1v) is 3.72. The van der Waals surface area contributed by atoms with Gasteiger partial charge in [-0.1, -0.05) is 0 Å². The highest BCUT2D eigenvalue weighted by Gasteiger charge is 1.95. The van der Waals surface area contributed by atoms with E-state index in [4.69, 9.17) is 5.73 Å². The number of hydrogen-bond acceptors (Lipinski definition) is 3. The molecule has 2 N–H and O–H groups in total. The molecule has 1 aromatic heterocycles. The summed E-state index contributed by atoms with van der Waals surface area (Å²) in [4.78, 5) is 8.07. The van der Waals surface area contributed by atoms with Crippen LogP contribution in [0.1, 0.15) is 11.4 Å². The maximum absolute atomic E-state index is 5.38. The normalized spacial score (nSPS) is 9.90. The lowest BCUT2D eigenvalue weighted by Gasteiger charge is -1.97. The summed E-state index contributed by atoms with van der Waals surface area (Å²) < 4.78 is 0.605. The minimum atomic E-state index is 0.460. The van der Waals surface area contributed by atoms with E-state index < -0.39 is 0 Å². The molecule has 3 nitrogen and oxygen atoms in total. The first kappa shape index (κ1) is 7.63. The van der Waals surface area contributed by atoms with Crippen LogP contribution in [-0.4, -0.2) is 9.97 Å². The molecule has 0 fully saturated rings. The summed E-state index contributed by atoms with van der Waals surface area (Å²) >= 11 is 3.18. The third-order valence-electron chi connectivity index (χ3n) is 1.09. The largest absolute Gasteiger partial charge is 0.325 e. The van der Waals surface area contributed by atoms with E-state index in [0.29, 0.717) is 11.3 Å². The molecule has 0 aliphatic heterocycles. The van der Waals surface area contributed by atoms with Crippen LogP contribution in [0.3, 0.4) is 0 Å². The number of halogens is 1. The van der Waals surface area contributed by atoms with Crippen molar-refractivity contribution in [3.63, 3.8) is 0 Å². The average Bonchev–Trinajstić information content (AvgIpc) is 1.85. The molecule has 0 atom stereocenters. The number of aromatic nitrogens is 2. The Hall–Kier alpha value is -0.480. The maximum Gasteiger partial charge on any atom is 0.197 e. The molecule has 0 aliphatic carbocycles. The van der Waals surface area contributed by atoms with Crippen molar-refractivity contribution in [2.45, 2.75) is 13.5 Å². The van der Waals surface area contributed by atoms with E-state index in [1.54, 1.807) is 0 Å². The molecule has 0 unspecified atom stereocenters. The Bertz CT molecular complexity index is 216. The average molecular weight is 202 g/mol. The third kappa shape index (κ3) is 1.75. The zero-order chi connectivity index (χ0) is 7.56. The molecular formula is C6H8BrN3. The second kappa shape index (κ2) is 3.07. The minimum Gasteiger partial charge on any atom is -0.325 e. The van der Waals surface area contributed by atoms with Gasteiger partial charge in [-0.15, -0.1) is 0 Å². The van der Waals surface area contributed by atoms with E-state index in [1.165, 1.54) is 0 Å². The standard InChI is InChI=1S/C6H8BrN3/c1-4-2-5(3-8)10-6(7)9-4/h2H,3,8H2,1H3. The van der Waals surface area contributed by atoms with Crippen LogP contribution >= 0.6 is 15.9 Å². The molecule has 0 saturated carbocycles. The molecular weight excluding hydrogens is 194 g/mol. The van der Waals surface area contributed by atoms with Gasteiger partial charge in [0.2, 0.25) is 0 Å². The minimum absolute atomic E-state index is 0.460. The smallest absolute Gasteiger partial charge is 0.197 e. The van der Waals surface area contributed by atoms with Crippen LogP contribution < -0.4 is 5.73 Å². The van der Waals surface area contributed by atoms with E-state index in [-0.39, 0.29) is 0 Å². The van der Waals surface area contributed by atoms with Gasteiger partial charge >= 0.3 is 0 Å². The van der Waals surface area contributed by atoms with Crippen LogP contribution in [0, 0.1) is 6.92 Å². The lowest BCUT2D eigenvalue weighted by Crippen LogP contribution is -2.01. The maximum atomic E-state index is 5.38. The summed E-state index contributed by atoms with van der Waals surface area (Å²) in [5.74, 6) is 0. The van der Waals surface area contributed by atoms with Crippen molar-refractivity contribution in [1.29, 1.82) is 0 Å². The monoisotopic (exact) mass is 201 g/mol. The van der Waals surface area contributed by atoms with Crippen molar-refractivity contribution < 1.29 is 0 Å². The quantitative estimate of drug-likeness (QED) is 0.691. The van der Waals surface area contributed by atoms with Gasteiger partial charge in [0.25, 0.3) is 0 Å². The summed E-state index contributed by atoms with van der Waals surface area (Å²) in [5, 5.41) is 0. The van der Waals surface area contributed by atoms with Gasteiger partial charge in [-0.25, -0.2) is 9.97 Å². The van der Waals surface area contributed by atoms with E-state index in [1.807, 2.05) is 13.0 Å². The number of hydrogen-bond donors (Lipinski definition) is 1. The zero-order valence-corrected chi connectivity index (χ0v) is 7.22. The Kier molecular flexibility index (Phi) is 2.34. The predicted octanol–water partition coefficient (Wildman–Crippen LogP) is 1.01. The van der Waals surface area contributed by atoms with E-state index in [0.717, 1.165) is 11.4 Å². The number of rotatable bonds is 1. The fourth-order valence-electron chi connectivity index (χ4n) is 0.699. The van der Waals surface area contributed by atoms with Crippen LogP contribution in [0.5, 0.6) is 0 Å². The third-order valence-corrected chi connectivity index (χ3v) is 1.44. The molecule has 0 aromatic carbocycles. The molecule has 1 heterocycles. The van der Waals surface area contributed by atoms with Gasteiger partial charge < -0.3 is 5.73 Å². The molecule has 1 rings (SSSR count). The van der Waals surface area contributed by atoms with Crippen molar-refractivity contribution >= 4 is 15.9 Å². The van der Waals surface area contributed by atoms with Crippen molar-refractivity contribution in [1.82, 2.24) is 9.97 Å². The Labute approximate surface area is 67.8 Å². The zero-order valence-electron chi connectivity index (χ0n) is 5.63. The fraction of sp³-hybridized carbons (Fsp3) is 0.333. The Balaban J connectivity index is 3.06. The fourth-order valence-corrected chi connectivity index (χ4v) is 1.21. The highest BCUT2D eigenvalue weighted by atomic mass is 79.9. The number of nitrogens with zero attached hydrogens (tertiary/aromatic N) is 2. The topological polar surface area (TPSA) is 51.8 Å². The summed E-state index contributed by atoms with van der Waals surface area (Å²) in [7, 11) is 0. The summed E-state index contributed by atoms with van der Waals surface area (Å²) in [6, 6.07) is 1.87. The van der Waals surface area contributed by atoms with Gasteiger partial charge in [-0.2, -0.15) is 0 Å². The number of aryl methyl sites for hydroxylation is 1. The van der Waals surface area contributed by atoms with Gasteiger partial charge in [0.1, 0.15) is 0 Å².